The summed E-state index contributed by atoms with van der Waals surface area (Å²) in [6.07, 6.45) is 0. The van der Waals surface area contributed by atoms with Crippen LogP contribution < -0.4 is 5.32 Å². The maximum Gasteiger partial charge on any atom is 0.270 e. The minimum atomic E-state index is -0.531. The first kappa shape index (κ1) is 17.6. The Balaban J connectivity index is 1.78. The minimum absolute atomic E-state index is 0.139. The van der Waals surface area contributed by atoms with Crippen LogP contribution in [0.1, 0.15) is 22.8 Å². The second-order valence-corrected chi connectivity index (χ2v) is 6.48. The fraction of sp³-hybridized carbons (Fsp3) is 0.150. The Kier molecular flexibility index (Phi) is 4.23. The first-order valence-electron chi connectivity index (χ1n) is 8.80. The van der Waals surface area contributed by atoms with Gasteiger partial charge in [-0.15, -0.1) is 0 Å². The average Bonchev–Trinajstić information content (AvgIpc) is 3.02. The van der Waals surface area contributed by atoms with E-state index in [4.69, 9.17) is 0 Å². The molecule has 0 atom stereocenters. The average molecular weight is 375 g/mol. The van der Waals surface area contributed by atoms with Crippen LogP contribution in [0.5, 0.6) is 0 Å². The van der Waals surface area contributed by atoms with Gasteiger partial charge in [0, 0.05) is 29.6 Å². The van der Waals surface area contributed by atoms with Crippen LogP contribution in [0.4, 0.5) is 11.5 Å². The van der Waals surface area contributed by atoms with E-state index >= 15 is 0 Å². The van der Waals surface area contributed by atoms with E-state index in [0.29, 0.717) is 18.0 Å². The largest absolute Gasteiger partial charge is 0.304 e. The fourth-order valence-corrected chi connectivity index (χ4v) is 3.13. The third-order valence-electron chi connectivity index (χ3n) is 4.52. The predicted octanol–water partition coefficient (Wildman–Crippen LogP) is 4.07. The van der Waals surface area contributed by atoms with E-state index in [1.807, 2.05) is 38.1 Å². The van der Waals surface area contributed by atoms with Gasteiger partial charge in [0.2, 0.25) is 0 Å². The molecular formula is C20H17N5O3. The first-order valence-corrected chi connectivity index (χ1v) is 8.80. The highest BCUT2D eigenvalue weighted by Crippen LogP contribution is 2.27. The van der Waals surface area contributed by atoms with Gasteiger partial charge in [0.15, 0.2) is 11.5 Å². The van der Waals surface area contributed by atoms with Crippen LogP contribution in [0.2, 0.25) is 0 Å². The predicted molar refractivity (Wildman–Crippen MR) is 106 cm³/mol. The van der Waals surface area contributed by atoms with E-state index in [1.165, 1.54) is 24.3 Å². The van der Waals surface area contributed by atoms with Crippen LogP contribution in [-0.4, -0.2) is 25.6 Å². The maximum atomic E-state index is 12.6. The molecule has 0 aliphatic rings. The Morgan fingerprint density at radius 1 is 1.21 bits per heavy atom. The lowest BCUT2D eigenvalue weighted by molar-refractivity contribution is -0.384. The quantitative estimate of drug-likeness (QED) is 0.428. The molecule has 8 heteroatoms. The normalized spacial score (nSPS) is 11.1. The monoisotopic (exact) mass is 375 g/mol. The van der Waals surface area contributed by atoms with E-state index in [-0.39, 0.29) is 11.3 Å². The summed E-state index contributed by atoms with van der Waals surface area (Å²) < 4.78 is 1.72. The van der Waals surface area contributed by atoms with Gasteiger partial charge in [-0.2, -0.15) is 5.10 Å². The highest BCUT2D eigenvalue weighted by atomic mass is 16.6. The number of nitrogens with zero attached hydrogens (tertiary/aromatic N) is 4. The highest BCUT2D eigenvalue weighted by Gasteiger charge is 2.17. The summed E-state index contributed by atoms with van der Waals surface area (Å²) in [5, 5.41) is 19.9. The number of nitro benzene ring substituents is 1. The molecule has 0 unspecified atom stereocenters. The van der Waals surface area contributed by atoms with E-state index in [1.54, 1.807) is 4.68 Å². The van der Waals surface area contributed by atoms with Gasteiger partial charge in [-0.25, -0.2) is 9.67 Å². The molecule has 0 fully saturated rings. The van der Waals surface area contributed by atoms with Gasteiger partial charge in [0.25, 0.3) is 11.6 Å². The molecule has 140 valence electrons. The van der Waals surface area contributed by atoms with Crippen LogP contribution in [0.15, 0.2) is 48.5 Å². The van der Waals surface area contributed by atoms with Crippen molar-refractivity contribution < 1.29 is 9.72 Å². The Hall–Kier alpha value is -3.81. The number of nitrogens with one attached hydrogen (secondary N) is 1. The summed E-state index contributed by atoms with van der Waals surface area (Å²) in [7, 11) is 0. The highest BCUT2D eigenvalue weighted by molar-refractivity contribution is 6.09. The van der Waals surface area contributed by atoms with Crippen LogP contribution in [0.3, 0.4) is 0 Å². The molecule has 0 bridgehead atoms. The molecule has 0 saturated carbocycles. The molecule has 1 amide bonds. The van der Waals surface area contributed by atoms with Gasteiger partial charge >= 0.3 is 0 Å². The Morgan fingerprint density at radius 3 is 2.79 bits per heavy atom. The summed E-state index contributed by atoms with van der Waals surface area (Å²) >= 11 is 0. The van der Waals surface area contributed by atoms with Crippen molar-refractivity contribution in [2.24, 2.45) is 0 Å². The Bertz CT molecular complexity index is 1250. The standard InChI is InChI=1S/C20H17N5O3/c1-3-24-19-16(11-14-9-12(2)7-8-17(14)21-19)18(23-24)22-20(26)13-5-4-6-15(10-13)25(27)28/h4-11H,3H2,1-2H3,(H,22,23,26). The third kappa shape index (κ3) is 3.05. The smallest absolute Gasteiger partial charge is 0.270 e. The molecule has 0 radical (unpaired) electrons. The molecule has 2 aromatic carbocycles. The van der Waals surface area contributed by atoms with Gasteiger partial charge in [-0.05, 0) is 38.1 Å². The lowest BCUT2D eigenvalue weighted by atomic mass is 10.1. The number of carbonyl (C=O) groups is 1. The van der Waals surface area contributed by atoms with Crippen molar-refractivity contribution in [1.29, 1.82) is 0 Å². The molecule has 1 N–H and O–H groups in total. The van der Waals surface area contributed by atoms with Crippen LogP contribution in [0.25, 0.3) is 21.9 Å². The van der Waals surface area contributed by atoms with Gasteiger partial charge in [-0.3, -0.25) is 14.9 Å². The van der Waals surface area contributed by atoms with E-state index < -0.39 is 10.8 Å². The van der Waals surface area contributed by atoms with Crippen molar-refractivity contribution in [3.8, 4) is 0 Å². The third-order valence-corrected chi connectivity index (χ3v) is 4.52. The SMILES string of the molecule is CCn1nc(NC(=O)c2cccc([N+](=O)[O-])c2)c2cc3cc(C)ccc3nc21. The lowest BCUT2D eigenvalue weighted by Crippen LogP contribution is -2.13. The summed E-state index contributed by atoms with van der Waals surface area (Å²) in [5.74, 6) is -0.0834. The maximum absolute atomic E-state index is 12.6. The van der Waals surface area contributed by atoms with Crippen molar-refractivity contribution in [3.05, 3.63) is 69.8 Å². The number of non-ortho nitro benzene ring substituents is 1. The van der Waals surface area contributed by atoms with E-state index in [2.05, 4.69) is 15.4 Å². The number of pyridine rings is 1. The zero-order chi connectivity index (χ0) is 19.8. The molecule has 0 aliphatic heterocycles. The number of benzene rings is 2. The van der Waals surface area contributed by atoms with Crippen molar-refractivity contribution in [2.75, 3.05) is 5.32 Å². The first-order chi connectivity index (χ1) is 13.5. The Labute approximate surface area is 160 Å². The summed E-state index contributed by atoms with van der Waals surface area (Å²) in [6, 6.07) is 13.5. The number of hydrogen-bond acceptors (Lipinski definition) is 5. The second-order valence-electron chi connectivity index (χ2n) is 6.48. The van der Waals surface area contributed by atoms with Crippen LogP contribution in [-0.2, 0) is 6.54 Å². The molecule has 4 aromatic rings. The number of aromatic nitrogens is 3. The minimum Gasteiger partial charge on any atom is -0.304 e. The molecule has 2 heterocycles. The number of aryl methyl sites for hydroxylation is 2. The molecule has 0 spiro atoms. The number of amides is 1. The molecule has 4 rings (SSSR count). The van der Waals surface area contributed by atoms with Crippen molar-refractivity contribution in [3.63, 3.8) is 0 Å². The number of rotatable bonds is 4. The van der Waals surface area contributed by atoms with Crippen molar-refractivity contribution in [2.45, 2.75) is 20.4 Å². The zero-order valence-corrected chi connectivity index (χ0v) is 15.3. The molecular weight excluding hydrogens is 358 g/mol. The second kappa shape index (κ2) is 6.73. The van der Waals surface area contributed by atoms with Gasteiger partial charge in [-0.1, -0.05) is 17.7 Å². The number of anilines is 1. The van der Waals surface area contributed by atoms with Crippen molar-refractivity contribution >= 4 is 39.3 Å². The van der Waals surface area contributed by atoms with Gasteiger partial charge in [0.05, 0.1) is 15.8 Å². The summed E-state index contributed by atoms with van der Waals surface area (Å²) in [4.78, 5) is 27.8. The molecule has 2 aromatic heterocycles. The fourth-order valence-electron chi connectivity index (χ4n) is 3.13. The number of fused-ring (bicyclic) bond motifs is 2. The number of hydrogen-bond donors (Lipinski definition) is 1. The molecule has 0 saturated heterocycles. The number of nitro groups is 1. The molecule has 28 heavy (non-hydrogen) atoms. The van der Waals surface area contributed by atoms with Crippen molar-refractivity contribution in [1.82, 2.24) is 14.8 Å². The van der Waals surface area contributed by atoms with Gasteiger partial charge in [0.1, 0.15) is 0 Å². The number of carbonyl (C=O) groups excluding carboxylic acids is 1. The Morgan fingerprint density at radius 2 is 2.04 bits per heavy atom. The lowest BCUT2D eigenvalue weighted by Gasteiger charge is -2.03. The zero-order valence-electron chi connectivity index (χ0n) is 15.3. The summed E-state index contributed by atoms with van der Waals surface area (Å²) in [5.41, 5.74) is 2.69. The van der Waals surface area contributed by atoms with Crippen LogP contribution in [0, 0.1) is 17.0 Å². The van der Waals surface area contributed by atoms with Gasteiger partial charge < -0.3 is 5.32 Å². The molecule has 0 aliphatic carbocycles. The van der Waals surface area contributed by atoms with E-state index in [0.717, 1.165) is 21.9 Å². The molecule has 8 nitrogen and oxygen atoms in total. The van der Waals surface area contributed by atoms with Crippen LogP contribution >= 0.6 is 0 Å². The summed E-state index contributed by atoms with van der Waals surface area (Å²) in [6.45, 7) is 4.54. The topological polar surface area (TPSA) is 103 Å². The van der Waals surface area contributed by atoms with E-state index in [9.17, 15) is 14.9 Å².